The molecule has 0 aromatic heterocycles. The van der Waals surface area contributed by atoms with E-state index in [1.165, 1.54) is 17.0 Å². The highest BCUT2D eigenvalue weighted by atomic mass is 35.5. The molecule has 0 aliphatic rings. The van der Waals surface area contributed by atoms with Gasteiger partial charge in [-0.05, 0) is 68.1 Å². The largest absolute Gasteiger partial charge is 0.354 e. The van der Waals surface area contributed by atoms with Gasteiger partial charge < -0.3 is 10.2 Å². The fourth-order valence-electron chi connectivity index (χ4n) is 4.24. The van der Waals surface area contributed by atoms with E-state index in [-0.39, 0.29) is 17.3 Å². The van der Waals surface area contributed by atoms with E-state index in [0.29, 0.717) is 29.2 Å². The third-order valence-corrected chi connectivity index (χ3v) is 8.57. The molecule has 0 radical (unpaired) electrons. The average Bonchev–Trinajstić information content (AvgIpc) is 2.91. The molecule has 208 valence electrons. The van der Waals surface area contributed by atoms with Crippen LogP contribution in [0.1, 0.15) is 43.4 Å². The van der Waals surface area contributed by atoms with E-state index in [2.05, 4.69) is 5.32 Å². The quantitative estimate of drug-likeness (QED) is 0.313. The predicted octanol–water partition coefficient (Wildman–Crippen LogP) is 5.49. The number of rotatable bonds is 12. The van der Waals surface area contributed by atoms with Gasteiger partial charge in [-0.3, -0.25) is 13.9 Å². The summed E-state index contributed by atoms with van der Waals surface area (Å²) in [4.78, 5) is 28.7. The lowest BCUT2D eigenvalue weighted by atomic mass is 10.1. The van der Waals surface area contributed by atoms with Crippen LogP contribution in [0, 0.1) is 13.8 Å². The van der Waals surface area contributed by atoms with E-state index in [4.69, 9.17) is 11.6 Å². The van der Waals surface area contributed by atoms with Crippen LogP contribution in [0.3, 0.4) is 0 Å². The Kier molecular flexibility index (Phi) is 10.5. The molecule has 3 rings (SSSR count). The van der Waals surface area contributed by atoms with Crippen LogP contribution in [0.25, 0.3) is 0 Å². The van der Waals surface area contributed by atoms with Crippen LogP contribution >= 0.6 is 11.6 Å². The summed E-state index contributed by atoms with van der Waals surface area (Å²) in [6.45, 7) is 7.55. The Labute approximate surface area is 236 Å². The SMILES string of the molecule is CCCNC(=O)C(CC)N(Cc1ccccc1Cl)C(=O)CN(c1cccc(C)c1)S(=O)(=O)c1ccc(C)cc1. The van der Waals surface area contributed by atoms with E-state index in [9.17, 15) is 18.0 Å². The van der Waals surface area contributed by atoms with Gasteiger partial charge in [0.1, 0.15) is 12.6 Å². The first kappa shape index (κ1) is 30.2. The normalized spacial score (nSPS) is 12.0. The number of carbonyl (C=O) groups is 2. The number of anilines is 1. The van der Waals surface area contributed by atoms with Gasteiger partial charge in [0.2, 0.25) is 11.8 Å². The molecule has 0 saturated carbocycles. The fraction of sp³-hybridized carbons (Fsp3) is 0.333. The standard InChI is InChI=1S/C30H36ClN3O4S/c1-5-18-32-30(36)28(6-2)33(20-24-11-7-8-13-27(24)31)29(35)21-34(25-12-9-10-23(4)19-25)39(37,38)26-16-14-22(3)15-17-26/h7-17,19,28H,5-6,18,20-21H2,1-4H3,(H,32,36). The molecule has 0 saturated heterocycles. The Morgan fingerprint density at radius 2 is 1.62 bits per heavy atom. The summed E-state index contributed by atoms with van der Waals surface area (Å²) < 4.78 is 28.9. The molecule has 1 unspecified atom stereocenters. The molecule has 3 aromatic carbocycles. The zero-order valence-electron chi connectivity index (χ0n) is 22.9. The molecule has 0 aliphatic heterocycles. The lowest BCUT2D eigenvalue weighted by Crippen LogP contribution is -2.52. The van der Waals surface area contributed by atoms with Crippen molar-refractivity contribution in [2.75, 3.05) is 17.4 Å². The van der Waals surface area contributed by atoms with Crippen molar-refractivity contribution in [2.24, 2.45) is 0 Å². The summed E-state index contributed by atoms with van der Waals surface area (Å²) >= 11 is 6.42. The molecule has 39 heavy (non-hydrogen) atoms. The van der Waals surface area contributed by atoms with Crippen LogP contribution < -0.4 is 9.62 Å². The minimum Gasteiger partial charge on any atom is -0.354 e. The van der Waals surface area contributed by atoms with Gasteiger partial charge in [-0.1, -0.05) is 73.5 Å². The van der Waals surface area contributed by atoms with Crippen LogP contribution in [0.15, 0.2) is 77.7 Å². The molecule has 9 heteroatoms. The molecule has 3 aromatic rings. The highest BCUT2D eigenvalue weighted by Gasteiger charge is 2.33. The Morgan fingerprint density at radius 3 is 2.23 bits per heavy atom. The van der Waals surface area contributed by atoms with Crippen LogP contribution in [0.5, 0.6) is 0 Å². The maximum atomic E-state index is 14.0. The molecular formula is C30H36ClN3O4S. The summed E-state index contributed by atoms with van der Waals surface area (Å²) in [5, 5.41) is 3.34. The van der Waals surface area contributed by atoms with E-state index < -0.39 is 28.5 Å². The van der Waals surface area contributed by atoms with E-state index >= 15 is 0 Å². The number of amides is 2. The second kappa shape index (κ2) is 13.6. The van der Waals surface area contributed by atoms with Crippen molar-refractivity contribution in [3.8, 4) is 0 Å². The monoisotopic (exact) mass is 569 g/mol. The summed E-state index contributed by atoms with van der Waals surface area (Å²) in [7, 11) is -4.10. The Balaban J connectivity index is 2.06. The highest BCUT2D eigenvalue weighted by molar-refractivity contribution is 7.92. The Hall–Kier alpha value is -3.36. The van der Waals surface area contributed by atoms with Crippen molar-refractivity contribution in [1.82, 2.24) is 10.2 Å². The maximum absolute atomic E-state index is 14.0. The molecule has 1 atom stereocenters. The molecule has 0 fully saturated rings. The van der Waals surface area contributed by atoms with Gasteiger partial charge in [-0.15, -0.1) is 0 Å². The highest BCUT2D eigenvalue weighted by Crippen LogP contribution is 2.26. The van der Waals surface area contributed by atoms with Gasteiger partial charge in [-0.2, -0.15) is 0 Å². The zero-order valence-corrected chi connectivity index (χ0v) is 24.4. The first-order valence-corrected chi connectivity index (χ1v) is 14.9. The Morgan fingerprint density at radius 1 is 0.923 bits per heavy atom. The number of aryl methyl sites for hydroxylation is 2. The smallest absolute Gasteiger partial charge is 0.264 e. The third-order valence-electron chi connectivity index (χ3n) is 6.41. The second-order valence-corrected chi connectivity index (χ2v) is 11.8. The molecule has 1 N–H and O–H groups in total. The number of sulfonamides is 1. The topological polar surface area (TPSA) is 86.8 Å². The van der Waals surface area contributed by atoms with Gasteiger partial charge in [0.25, 0.3) is 10.0 Å². The molecule has 0 heterocycles. The molecule has 0 spiro atoms. The first-order valence-electron chi connectivity index (χ1n) is 13.0. The van der Waals surface area contributed by atoms with Crippen molar-refractivity contribution >= 4 is 39.1 Å². The van der Waals surface area contributed by atoms with Crippen LogP contribution in [0.2, 0.25) is 5.02 Å². The molecule has 0 bridgehead atoms. The van der Waals surface area contributed by atoms with Gasteiger partial charge >= 0.3 is 0 Å². The third kappa shape index (κ3) is 7.61. The van der Waals surface area contributed by atoms with Crippen molar-refractivity contribution in [3.63, 3.8) is 0 Å². The van der Waals surface area contributed by atoms with Crippen LogP contribution in [0.4, 0.5) is 5.69 Å². The van der Waals surface area contributed by atoms with E-state index in [0.717, 1.165) is 21.9 Å². The second-order valence-electron chi connectivity index (χ2n) is 9.49. The number of nitrogens with zero attached hydrogens (tertiary/aromatic N) is 2. The number of nitrogens with one attached hydrogen (secondary N) is 1. The van der Waals surface area contributed by atoms with Crippen molar-refractivity contribution < 1.29 is 18.0 Å². The minimum atomic E-state index is -4.10. The van der Waals surface area contributed by atoms with E-state index in [1.54, 1.807) is 48.5 Å². The van der Waals surface area contributed by atoms with E-state index in [1.807, 2.05) is 39.8 Å². The first-order chi connectivity index (χ1) is 18.6. The van der Waals surface area contributed by atoms with Gasteiger partial charge in [-0.25, -0.2) is 8.42 Å². The molecular weight excluding hydrogens is 534 g/mol. The summed E-state index contributed by atoms with van der Waals surface area (Å²) in [6.07, 6.45) is 1.09. The van der Waals surface area contributed by atoms with Gasteiger partial charge in [0.05, 0.1) is 10.6 Å². The zero-order chi connectivity index (χ0) is 28.6. The average molecular weight is 570 g/mol. The van der Waals surface area contributed by atoms with Crippen LogP contribution in [-0.2, 0) is 26.2 Å². The van der Waals surface area contributed by atoms with Crippen molar-refractivity contribution in [1.29, 1.82) is 0 Å². The number of hydrogen-bond acceptors (Lipinski definition) is 4. The fourth-order valence-corrected chi connectivity index (χ4v) is 5.85. The molecule has 7 nitrogen and oxygen atoms in total. The van der Waals surface area contributed by atoms with Gasteiger partial charge in [0.15, 0.2) is 0 Å². The lowest BCUT2D eigenvalue weighted by Gasteiger charge is -2.33. The number of benzene rings is 3. The predicted molar refractivity (Wildman–Crippen MR) is 156 cm³/mol. The summed E-state index contributed by atoms with van der Waals surface area (Å²) in [5.74, 6) is -0.797. The Bertz CT molecular complexity index is 1390. The van der Waals surface area contributed by atoms with Crippen molar-refractivity contribution in [3.05, 3.63) is 94.5 Å². The lowest BCUT2D eigenvalue weighted by molar-refractivity contribution is -0.140. The number of carbonyl (C=O) groups excluding carboxylic acids is 2. The molecule has 0 aliphatic carbocycles. The number of halogens is 1. The van der Waals surface area contributed by atoms with Crippen LogP contribution in [-0.4, -0.2) is 44.3 Å². The summed E-state index contributed by atoms with van der Waals surface area (Å²) in [6, 6.07) is 19.8. The van der Waals surface area contributed by atoms with Crippen molar-refractivity contribution in [2.45, 2.75) is 58.0 Å². The van der Waals surface area contributed by atoms with Gasteiger partial charge in [0, 0.05) is 18.1 Å². The maximum Gasteiger partial charge on any atom is 0.264 e. The number of hydrogen-bond donors (Lipinski definition) is 1. The minimum absolute atomic E-state index is 0.0583. The summed E-state index contributed by atoms with van der Waals surface area (Å²) in [5.41, 5.74) is 2.80. The molecule has 2 amide bonds.